The first-order chi connectivity index (χ1) is 10.5. The van der Waals surface area contributed by atoms with Crippen LogP contribution in [0, 0.1) is 6.92 Å². The summed E-state index contributed by atoms with van der Waals surface area (Å²) in [6, 6.07) is 10.4. The van der Waals surface area contributed by atoms with Crippen LogP contribution in [0.1, 0.15) is 27.7 Å². The molecule has 2 amide bonds. The SMILES string of the molecule is Cc1ccsc1CN(C)C(=O)[C@@H](C)NC(=O)c1ccccc1. The lowest BCUT2D eigenvalue weighted by atomic mass is 10.2. The summed E-state index contributed by atoms with van der Waals surface area (Å²) in [6.45, 7) is 4.31. The van der Waals surface area contributed by atoms with E-state index >= 15 is 0 Å². The molecule has 0 aliphatic carbocycles. The predicted octanol–water partition coefficient (Wildman–Crippen LogP) is 2.83. The maximum absolute atomic E-state index is 12.4. The first-order valence-electron chi connectivity index (χ1n) is 7.13. The van der Waals surface area contributed by atoms with E-state index in [1.165, 1.54) is 5.56 Å². The summed E-state index contributed by atoms with van der Waals surface area (Å²) in [6.07, 6.45) is 0. The van der Waals surface area contributed by atoms with E-state index in [2.05, 4.69) is 5.32 Å². The molecular formula is C17H20N2O2S. The first kappa shape index (κ1) is 16.2. The highest BCUT2D eigenvalue weighted by Gasteiger charge is 2.20. The van der Waals surface area contributed by atoms with E-state index in [1.807, 2.05) is 24.4 Å². The van der Waals surface area contributed by atoms with Crippen LogP contribution in [0.15, 0.2) is 41.8 Å². The van der Waals surface area contributed by atoms with Crippen molar-refractivity contribution in [3.63, 3.8) is 0 Å². The summed E-state index contributed by atoms with van der Waals surface area (Å²) in [4.78, 5) is 27.2. The van der Waals surface area contributed by atoms with Crippen LogP contribution in [-0.2, 0) is 11.3 Å². The van der Waals surface area contributed by atoms with Gasteiger partial charge in [-0.3, -0.25) is 9.59 Å². The number of hydrogen-bond donors (Lipinski definition) is 1. The number of likely N-dealkylation sites (N-methyl/N-ethyl adjacent to an activating group) is 1. The van der Waals surface area contributed by atoms with Crippen LogP contribution in [-0.4, -0.2) is 29.8 Å². The highest BCUT2D eigenvalue weighted by Crippen LogP contribution is 2.17. The van der Waals surface area contributed by atoms with Crippen molar-refractivity contribution in [2.45, 2.75) is 26.4 Å². The van der Waals surface area contributed by atoms with Gasteiger partial charge in [0, 0.05) is 17.5 Å². The Balaban J connectivity index is 1.94. The smallest absolute Gasteiger partial charge is 0.251 e. The highest BCUT2D eigenvalue weighted by atomic mass is 32.1. The summed E-state index contributed by atoms with van der Waals surface area (Å²) in [7, 11) is 1.76. The Morgan fingerprint density at radius 1 is 1.23 bits per heavy atom. The van der Waals surface area contributed by atoms with Gasteiger partial charge >= 0.3 is 0 Å². The van der Waals surface area contributed by atoms with Gasteiger partial charge in [0.2, 0.25) is 5.91 Å². The van der Waals surface area contributed by atoms with E-state index in [-0.39, 0.29) is 11.8 Å². The number of carbonyl (C=O) groups excluding carboxylic acids is 2. The molecule has 0 saturated carbocycles. The average molecular weight is 316 g/mol. The lowest BCUT2D eigenvalue weighted by Crippen LogP contribution is -2.45. The fourth-order valence-corrected chi connectivity index (χ4v) is 3.08. The Morgan fingerprint density at radius 2 is 1.91 bits per heavy atom. The second kappa shape index (κ2) is 7.22. The number of nitrogens with one attached hydrogen (secondary N) is 1. The standard InChI is InChI=1S/C17H20N2O2S/c1-12-9-10-22-15(12)11-19(3)17(21)13(2)18-16(20)14-7-5-4-6-8-14/h4-10,13H,11H2,1-3H3,(H,18,20)/t13-/m1/s1. The maximum Gasteiger partial charge on any atom is 0.251 e. The van der Waals surface area contributed by atoms with Gasteiger partial charge in [-0.25, -0.2) is 0 Å². The number of thiophene rings is 1. The molecular weight excluding hydrogens is 296 g/mol. The van der Waals surface area contributed by atoms with Crippen molar-refractivity contribution < 1.29 is 9.59 Å². The summed E-state index contributed by atoms with van der Waals surface area (Å²) in [5, 5.41) is 4.76. The molecule has 2 rings (SSSR count). The molecule has 2 aromatic rings. The zero-order valence-electron chi connectivity index (χ0n) is 13.0. The zero-order chi connectivity index (χ0) is 16.1. The molecule has 22 heavy (non-hydrogen) atoms. The quantitative estimate of drug-likeness (QED) is 0.922. The third kappa shape index (κ3) is 3.95. The minimum absolute atomic E-state index is 0.0999. The number of amides is 2. The average Bonchev–Trinajstić information content (AvgIpc) is 2.92. The maximum atomic E-state index is 12.4. The Hall–Kier alpha value is -2.14. The van der Waals surface area contributed by atoms with Crippen molar-refractivity contribution in [2.75, 3.05) is 7.05 Å². The predicted molar refractivity (Wildman–Crippen MR) is 88.9 cm³/mol. The molecule has 0 bridgehead atoms. The molecule has 0 saturated heterocycles. The molecule has 1 aromatic heterocycles. The number of rotatable bonds is 5. The molecule has 0 spiro atoms. The minimum atomic E-state index is -0.557. The zero-order valence-corrected chi connectivity index (χ0v) is 13.8. The normalized spacial score (nSPS) is 11.8. The molecule has 0 aliphatic heterocycles. The number of hydrogen-bond acceptors (Lipinski definition) is 3. The van der Waals surface area contributed by atoms with Gasteiger partial charge in [0.1, 0.15) is 6.04 Å². The monoisotopic (exact) mass is 316 g/mol. The van der Waals surface area contributed by atoms with Gasteiger partial charge in [-0.05, 0) is 43.0 Å². The Kier molecular flexibility index (Phi) is 5.33. The first-order valence-corrected chi connectivity index (χ1v) is 8.01. The van der Waals surface area contributed by atoms with Gasteiger partial charge in [-0.2, -0.15) is 0 Å². The van der Waals surface area contributed by atoms with Gasteiger partial charge in [0.05, 0.1) is 6.54 Å². The molecule has 0 fully saturated rings. The van der Waals surface area contributed by atoms with Gasteiger partial charge < -0.3 is 10.2 Å². The van der Waals surface area contributed by atoms with Crippen molar-refractivity contribution in [3.8, 4) is 0 Å². The van der Waals surface area contributed by atoms with Crippen LogP contribution in [0.3, 0.4) is 0 Å². The van der Waals surface area contributed by atoms with E-state index in [1.54, 1.807) is 54.5 Å². The van der Waals surface area contributed by atoms with E-state index in [4.69, 9.17) is 0 Å². The van der Waals surface area contributed by atoms with Crippen LogP contribution in [0.25, 0.3) is 0 Å². The second-order valence-corrected chi connectivity index (χ2v) is 6.28. The van der Waals surface area contributed by atoms with E-state index < -0.39 is 6.04 Å². The van der Waals surface area contributed by atoms with Crippen molar-refractivity contribution in [3.05, 3.63) is 57.8 Å². The van der Waals surface area contributed by atoms with Crippen LogP contribution in [0.2, 0.25) is 0 Å². The molecule has 1 heterocycles. The lowest BCUT2D eigenvalue weighted by molar-refractivity contribution is -0.132. The molecule has 0 radical (unpaired) electrons. The Bertz CT molecular complexity index is 652. The topological polar surface area (TPSA) is 49.4 Å². The van der Waals surface area contributed by atoms with Crippen LogP contribution >= 0.6 is 11.3 Å². The molecule has 1 atom stereocenters. The molecule has 1 aromatic carbocycles. The van der Waals surface area contributed by atoms with Crippen molar-refractivity contribution in [1.29, 1.82) is 0 Å². The molecule has 116 valence electrons. The highest BCUT2D eigenvalue weighted by molar-refractivity contribution is 7.10. The molecule has 1 N–H and O–H groups in total. The number of benzene rings is 1. The third-order valence-electron chi connectivity index (χ3n) is 3.48. The van der Waals surface area contributed by atoms with Crippen LogP contribution < -0.4 is 5.32 Å². The minimum Gasteiger partial charge on any atom is -0.341 e. The van der Waals surface area contributed by atoms with E-state index in [0.717, 1.165) is 4.88 Å². The fourth-order valence-electron chi connectivity index (χ4n) is 2.12. The van der Waals surface area contributed by atoms with Crippen molar-refractivity contribution in [2.24, 2.45) is 0 Å². The number of nitrogens with zero attached hydrogens (tertiary/aromatic N) is 1. The number of carbonyl (C=O) groups is 2. The van der Waals surface area contributed by atoms with Crippen LogP contribution in [0.4, 0.5) is 0 Å². The van der Waals surface area contributed by atoms with Gasteiger partial charge in [0.15, 0.2) is 0 Å². The summed E-state index contributed by atoms with van der Waals surface area (Å²) < 4.78 is 0. The summed E-state index contributed by atoms with van der Waals surface area (Å²) in [5.41, 5.74) is 1.74. The van der Waals surface area contributed by atoms with Crippen molar-refractivity contribution >= 4 is 23.2 Å². The Labute approximate surface area is 134 Å². The van der Waals surface area contributed by atoms with Gasteiger partial charge in [-0.1, -0.05) is 18.2 Å². The lowest BCUT2D eigenvalue weighted by Gasteiger charge is -2.22. The second-order valence-electron chi connectivity index (χ2n) is 5.28. The largest absolute Gasteiger partial charge is 0.341 e. The van der Waals surface area contributed by atoms with Crippen molar-refractivity contribution in [1.82, 2.24) is 10.2 Å². The van der Waals surface area contributed by atoms with Gasteiger partial charge in [0.25, 0.3) is 5.91 Å². The third-order valence-corrected chi connectivity index (χ3v) is 4.49. The van der Waals surface area contributed by atoms with E-state index in [9.17, 15) is 9.59 Å². The molecule has 5 heteroatoms. The van der Waals surface area contributed by atoms with Crippen LogP contribution in [0.5, 0.6) is 0 Å². The molecule has 0 unspecified atom stereocenters. The van der Waals surface area contributed by atoms with Gasteiger partial charge in [-0.15, -0.1) is 11.3 Å². The number of aryl methyl sites for hydroxylation is 1. The van der Waals surface area contributed by atoms with E-state index in [0.29, 0.717) is 12.1 Å². The summed E-state index contributed by atoms with van der Waals surface area (Å²) in [5.74, 6) is -0.334. The fraction of sp³-hybridized carbons (Fsp3) is 0.294. The molecule has 0 aliphatic rings. The summed E-state index contributed by atoms with van der Waals surface area (Å²) >= 11 is 1.64. The molecule has 4 nitrogen and oxygen atoms in total. The Morgan fingerprint density at radius 3 is 2.50 bits per heavy atom.